The van der Waals surface area contributed by atoms with Crippen LogP contribution in [0.4, 0.5) is 0 Å². The van der Waals surface area contributed by atoms with Crippen molar-refractivity contribution in [2.24, 2.45) is 23.7 Å². The number of carbonyl (C=O) groups excluding carboxylic acids is 1. The Labute approximate surface area is 81.1 Å². The van der Waals surface area contributed by atoms with Gasteiger partial charge in [-0.25, -0.2) is 0 Å². The Morgan fingerprint density at radius 1 is 1.08 bits per heavy atom. The minimum atomic E-state index is 0.237. The van der Waals surface area contributed by atoms with Crippen LogP contribution < -0.4 is 5.32 Å². The van der Waals surface area contributed by atoms with Crippen LogP contribution in [-0.4, -0.2) is 18.9 Å². The van der Waals surface area contributed by atoms with Gasteiger partial charge in [0.25, 0.3) is 0 Å². The Bertz CT molecular complexity index is 169. The zero-order chi connectivity index (χ0) is 10.0. The second-order valence-electron chi connectivity index (χ2n) is 4.76. The van der Waals surface area contributed by atoms with Gasteiger partial charge in [-0.15, -0.1) is 0 Å². The Morgan fingerprint density at radius 3 is 1.77 bits per heavy atom. The minimum absolute atomic E-state index is 0.237. The maximum Gasteiger partial charge on any atom is 0.142 e. The highest BCUT2D eigenvalue weighted by atomic mass is 16.1. The number of nitrogens with one attached hydrogen (secondary N) is 1. The number of Topliss-reactive ketones (excluding diaryl/α,β-unsaturated/α-hetero) is 1. The second-order valence-corrected chi connectivity index (χ2v) is 4.76. The predicted molar refractivity (Wildman–Crippen MR) is 54.5 cm³/mol. The lowest BCUT2D eigenvalue weighted by Crippen LogP contribution is -2.47. The van der Waals surface area contributed by atoms with Crippen molar-refractivity contribution in [2.45, 2.75) is 27.7 Å². The van der Waals surface area contributed by atoms with Gasteiger partial charge in [-0.3, -0.25) is 4.79 Å². The lowest BCUT2D eigenvalue weighted by atomic mass is 9.77. The number of carbonyl (C=O) groups is 1. The fourth-order valence-corrected chi connectivity index (χ4v) is 2.00. The molecule has 1 fully saturated rings. The molecule has 1 N–H and O–H groups in total. The van der Waals surface area contributed by atoms with Crippen molar-refractivity contribution >= 4 is 5.78 Å². The van der Waals surface area contributed by atoms with Crippen molar-refractivity contribution in [3.63, 3.8) is 0 Å². The first-order valence-electron chi connectivity index (χ1n) is 5.28. The molecule has 2 atom stereocenters. The van der Waals surface area contributed by atoms with E-state index in [2.05, 4.69) is 33.0 Å². The third-order valence-corrected chi connectivity index (χ3v) is 3.07. The average molecular weight is 183 g/mol. The largest absolute Gasteiger partial charge is 0.315 e. The molecule has 0 aromatic rings. The van der Waals surface area contributed by atoms with Crippen LogP contribution in [0.5, 0.6) is 0 Å². The quantitative estimate of drug-likeness (QED) is 0.706. The van der Waals surface area contributed by atoms with Crippen LogP contribution in [0.15, 0.2) is 0 Å². The number of rotatable bonds is 2. The van der Waals surface area contributed by atoms with Crippen molar-refractivity contribution in [1.82, 2.24) is 5.32 Å². The number of hydrogen-bond acceptors (Lipinski definition) is 2. The number of ketones is 1. The van der Waals surface area contributed by atoms with E-state index in [0.29, 0.717) is 17.6 Å². The Morgan fingerprint density at radius 2 is 1.46 bits per heavy atom. The smallest absolute Gasteiger partial charge is 0.142 e. The van der Waals surface area contributed by atoms with Crippen LogP contribution in [-0.2, 0) is 4.79 Å². The highest BCUT2D eigenvalue weighted by molar-refractivity contribution is 5.85. The molecule has 2 nitrogen and oxygen atoms in total. The van der Waals surface area contributed by atoms with Crippen molar-refractivity contribution in [2.75, 3.05) is 13.1 Å². The summed E-state index contributed by atoms with van der Waals surface area (Å²) in [7, 11) is 0. The van der Waals surface area contributed by atoms with E-state index in [1.54, 1.807) is 0 Å². The van der Waals surface area contributed by atoms with Gasteiger partial charge >= 0.3 is 0 Å². The van der Waals surface area contributed by atoms with Crippen molar-refractivity contribution in [1.29, 1.82) is 0 Å². The van der Waals surface area contributed by atoms with Crippen molar-refractivity contribution in [3.05, 3.63) is 0 Å². The monoisotopic (exact) mass is 183 g/mol. The van der Waals surface area contributed by atoms with Crippen LogP contribution in [0.2, 0.25) is 0 Å². The molecule has 2 unspecified atom stereocenters. The van der Waals surface area contributed by atoms with E-state index in [4.69, 9.17) is 0 Å². The zero-order valence-corrected chi connectivity index (χ0v) is 9.13. The molecule has 13 heavy (non-hydrogen) atoms. The molecule has 0 aromatic carbocycles. The summed E-state index contributed by atoms with van der Waals surface area (Å²) in [5.74, 6) is 1.90. The lowest BCUT2D eigenvalue weighted by molar-refractivity contribution is -0.131. The van der Waals surface area contributed by atoms with Crippen LogP contribution in [0.3, 0.4) is 0 Å². The van der Waals surface area contributed by atoms with Crippen LogP contribution >= 0.6 is 0 Å². The molecule has 0 aromatic heterocycles. The summed E-state index contributed by atoms with van der Waals surface area (Å²) in [5.41, 5.74) is 0. The predicted octanol–water partition coefficient (Wildman–Crippen LogP) is 1.70. The summed E-state index contributed by atoms with van der Waals surface area (Å²) in [4.78, 5) is 12.0. The topological polar surface area (TPSA) is 29.1 Å². The van der Waals surface area contributed by atoms with E-state index < -0.39 is 0 Å². The van der Waals surface area contributed by atoms with Crippen molar-refractivity contribution in [3.8, 4) is 0 Å². The fourth-order valence-electron chi connectivity index (χ4n) is 2.00. The molecule has 1 rings (SSSR count). The fraction of sp³-hybridized carbons (Fsp3) is 0.909. The summed E-state index contributed by atoms with van der Waals surface area (Å²) in [5, 5.41) is 3.36. The molecule has 1 saturated heterocycles. The van der Waals surface area contributed by atoms with E-state index in [0.717, 1.165) is 13.1 Å². The maximum atomic E-state index is 12.0. The first-order valence-corrected chi connectivity index (χ1v) is 5.28. The van der Waals surface area contributed by atoms with Gasteiger partial charge in [0, 0.05) is 24.9 Å². The van der Waals surface area contributed by atoms with E-state index in [1.165, 1.54) is 0 Å². The summed E-state index contributed by atoms with van der Waals surface area (Å²) in [6, 6.07) is 0. The first-order chi connectivity index (χ1) is 6.04. The summed E-state index contributed by atoms with van der Waals surface area (Å²) in [6.07, 6.45) is 0. The molecule has 0 aliphatic carbocycles. The molecule has 0 radical (unpaired) electrons. The maximum absolute atomic E-state index is 12.0. The van der Waals surface area contributed by atoms with Gasteiger partial charge in [-0.1, -0.05) is 27.7 Å². The van der Waals surface area contributed by atoms with Gasteiger partial charge in [0.2, 0.25) is 0 Å². The molecule has 1 aliphatic rings. The van der Waals surface area contributed by atoms with E-state index in [9.17, 15) is 4.79 Å². The van der Waals surface area contributed by atoms with Gasteiger partial charge < -0.3 is 5.32 Å². The van der Waals surface area contributed by atoms with E-state index in [1.807, 2.05) is 0 Å². The Kier molecular flexibility index (Phi) is 3.48. The van der Waals surface area contributed by atoms with Crippen LogP contribution in [0, 0.1) is 23.7 Å². The Hall–Kier alpha value is -0.370. The van der Waals surface area contributed by atoms with Gasteiger partial charge in [0.05, 0.1) is 0 Å². The van der Waals surface area contributed by atoms with Gasteiger partial charge in [0.15, 0.2) is 0 Å². The normalized spacial score (nSPS) is 30.2. The third kappa shape index (κ3) is 2.31. The molecule has 0 spiro atoms. The molecule has 2 heteroatoms. The van der Waals surface area contributed by atoms with Crippen molar-refractivity contribution < 1.29 is 4.79 Å². The van der Waals surface area contributed by atoms with Gasteiger partial charge in [-0.2, -0.15) is 0 Å². The minimum Gasteiger partial charge on any atom is -0.315 e. The van der Waals surface area contributed by atoms with E-state index >= 15 is 0 Å². The third-order valence-electron chi connectivity index (χ3n) is 3.07. The first kappa shape index (κ1) is 10.7. The standard InChI is InChI=1S/C11H21NO/c1-7(2)9-5-12-6-10(8(3)4)11(9)13/h7-10,12H,5-6H2,1-4H3. The second kappa shape index (κ2) is 4.23. The van der Waals surface area contributed by atoms with E-state index in [-0.39, 0.29) is 11.8 Å². The SMILES string of the molecule is CC(C)C1CNCC(C(C)C)C1=O. The molecule has 0 bridgehead atoms. The lowest BCUT2D eigenvalue weighted by Gasteiger charge is -2.32. The summed E-state index contributed by atoms with van der Waals surface area (Å²) >= 11 is 0. The number of hydrogen-bond donors (Lipinski definition) is 1. The average Bonchev–Trinajstić information content (AvgIpc) is 2.03. The van der Waals surface area contributed by atoms with Crippen LogP contribution in [0.25, 0.3) is 0 Å². The number of piperidine rings is 1. The van der Waals surface area contributed by atoms with Gasteiger partial charge in [-0.05, 0) is 11.8 Å². The van der Waals surface area contributed by atoms with Gasteiger partial charge in [0.1, 0.15) is 5.78 Å². The molecular formula is C11H21NO. The molecule has 76 valence electrons. The summed E-state index contributed by atoms with van der Waals surface area (Å²) in [6.45, 7) is 10.3. The zero-order valence-electron chi connectivity index (χ0n) is 9.13. The molecule has 1 heterocycles. The van der Waals surface area contributed by atoms with Crippen LogP contribution in [0.1, 0.15) is 27.7 Å². The molecule has 1 aliphatic heterocycles. The molecule has 0 amide bonds. The molecule has 0 saturated carbocycles. The Balaban J connectivity index is 2.66. The highest BCUT2D eigenvalue weighted by Gasteiger charge is 2.34. The highest BCUT2D eigenvalue weighted by Crippen LogP contribution is 2.24. The molecular weight excluding hydrogens is 162 g/mol. The summed E-state index contributed by atoms with van der Waals surface area (Å²) < 4.78 is 0.